The number of carbonyl (C=O) groups is 2. The molecule has 0 fully saturated rings. The second kappa shape index (κ2) is 9.10. The number of aryl methyl sites for hydroxylation is 1. The number of amides is 2. The highest BCUT2D eigenvalue weighted by Gasteiger charge is 2.33. The van der Waals surface area contributed by atoms with E-state index >= 15 is 4.39 Å². The third-order valence-corrected chi connectivity index (χ3v) is 7.23. The number of rotatable bonds is 6. The van der Waals surface area contributed by atoms with Gasteiger partial charge in [0.15, 0.2) is 5.82 Å². The summed E-state index contributed by atoms with van der Waals surface area (Å²) in [6.45, 7) is 4.87. The first kappa shape index (κ1) is 23.9. The SMILES string of the molecule is CCCOc1ccc2c(c1)Cc1c(C(N)=O)ncc(-c3cccc(N4Cc5ccc(C)cc5C4=O)c3F)c1-2. The average Bonchev–Trinajstić information content (AvgIpc) is 3.44. The van der Waals surface area contributed by atoms with Crippen molar-refractivity contribution in [3.05, 3.63) is 100 Å². The van der Waals surface area contributed by atoms with Crippen LogP contribution in [0.4, 0.5) is 10.1 Å². The normalized spacial score (nSPS) is 13.3. The number of nitrogens with zero attached hydrogens (tertiary/aromatic N) is 2. The van der Waals surface area contributed by atoms with Gasteiger partial charge in [-0.2, -0.15) is 0 Å². The van der Waals surface area contributed by atoms with Gasteiger partial charge in [-0.05, 0) is 65.4 Å². The van der Waals surface area contributed by atoms with Gasteiger partial charge in [-0.1, -0.05) is 42.8 Å². The van der Waals surface area contributed by atoms with E-state index in [1.54, 1.807) is 18.2 Å². The molecule has 2 heterocycles. The molecule has 2 aliphatic rings. The molecule has 4 aromatic rings. The smallest absolute Gasteiger partial charge is 0.267 e. The van der Waals surface area contributed by atoms with Crippen molar-refractivity contribution in [1.29, 1.82) is 0 Å². The minimum atomic E-state index is -0.631. The quantitative estimate of drug-likeness (QED) is 0.314. The van der Waals surface area contributed by atoms with Gasteiger partial charge in [0.2, 0.25) is 0 Å². The van der Waals surface area contributed by atoms with E-state index in [9.17, 15) is 9.59 Å². The molecule has 190 valence electrons. The summed E-state index contributed by atoms with van der Waals surface area (Å²) in [7, 11) is 0. The van der Waals surface area contributed by atoms with Gasteiger partial charge in [-0.25, -0.2) is 4.39 Å². The van der Waals surface area contributed by atoms with Crippen LogP contribution in [-0.2, 0) is 13.0 Å². The zero-order chi connectivity index (χ0) is 26.6. The van der Waals surface area contributed by atoms with Crippen LogP contribution >= 0.6 is 0 Å². The molecule has 3 aromatic carbocycles. The van der Waals surface area contributed by atoms with Gasteiger partial charge in [0, 0.05) is 29.3 Å². The molecule has 6 rings (SSSR count). The highest BCUT2D eigenvalue weighted by molar-refractivity contribution is 6.10. The maximum Gasteiger partial charge on any atom is 0.267 e. The molecule has 1 aliphatic carbocycles. The summed E-state index contributed by atoms with van der Waals surface area (Å²) in [6, 6.07) is 16.5. The van der Waals surface area contributed by atoms with E-state index in [1.165, 1.54) is 11.1 Å². The third-order valence-electron chi connectivity index (χ3n) is 7.23. The molecule has 0 saturated carbocycles. The number of anilines is 1. The van der Waals surface area contributed by atoms with Gasteiger partial charge in [-0.15, -0.1) is 0 Å². The summed E-state index contributed by atoms with van der Waals surface area (Å²) < 4.78 is 22.1. The third kappa shape index (κ3) is 3.74. The second-order valence-corrected chi connectivity index (χ2v) is 9.77. The highest BCUT2D eigenvalue weighted by atomic mass is 19.1. The molecule has 0 radical (unpaired) electrons. The molecule has 38 heavy (non-hydrogen) atoms. The number of hydrogen-bond donors (Lipinski definition) is 1. The number of hydrogen-bond acceptors (Lipinski definition) is 4. The van der Waals surface area contributed by atoms with Crippen LogP contribution in [0, 0.1) is 12.7 Å². The lowest BCUT2D eigenvalue weighted by molar-refractivity contribution is 0.0987. The maximum atomic E-state index is 16.3. The van der Waals surface area contributed by atoms with Crippen molar-refractivity contribution in [2.45, 2.75) is 33.2 Å². The average molecular weight is 508 g/mol. The number of nitrogens with two attached hydrogens (primary N) is 1. The molecule has 0 saturated heterocycles. The molecular formula is C31H26FN3O3. The number of halogens is 1. The van der Waals surface area contributed by atoms with Crippen LogP contribution in [0.3, 0.4) is 0 Å². The van der Waals surface area contributed by atoms with Crippen LogP contribution in [0.25, 0.3) is 22.3 Å². The van der Waals surface area contributed by atoms with Gasteiger partial charge < -0.3 is 15.4 Å². The lowest BCUT2D eigenvalue weighted by atomic mass is 9.94. The van der Waals surface area contributed by atoms with Crippen molar-refractivity contribution >= 4 is 17.5 Å². The van der Waals surface area contributed by atoms with Crippen LogP contribution in [0.15, 0.2) is 60.8 Å². The van der Waals surface area contributed by atoms with Crippen molar-refractivity contribution < 1.29 is 18.7 Å². The number of pyridine rings is 1. The van der Waals surface area contributed by atoms with E-state index in [2.05, 4.69) is 4.98 Å². The van der Waals surface area contributed by atoms with Crippen LogP contribution in [0.2, 0.25) is 0 Å². The number of benzene rings is 3. The number of primary amides is 1. The highest BCUT2D eigenvalue weighted by Crippen LogP contribution is 2.46. The molecule has 2 amide bonds. The fourth-order valence-corrected chi connectivity index (χ4v) is 5.45. The van der Waals surface area contributed by atoms with Gasteiger partial charge >= 0.3 is 0 Å². The van der Waals surface area contributed by atoms with Crippen molar-refractivity contribution in [3.8, 4) is 28.0 Å². The monoisotopic (exact) mass is 507 g/mol. The van der Waals surface area contributed by atoms with Crippen molar-refractivity contribution in [2.24, 2.45) is 5.73 Å². The number of fused-ring (bicyclic) bond motifs is 4. The first-order valence-corrected chi connectivity index (χ1v) is 12.7. The number of ether oxygens (including phenoxy) is 1. The van der Waals surface area contributed by atoms with Crippen molar-refractivity contribution in [3.63, 3.8) is 0 Å². The van der Waals surface area contributed by atoms with Crippen LogP contribution in [-0.4, -0.2) is 23.4 Å². The molecular weight excluding hydrogens is 481 g/mol. The minimum absolute atomic E-state index is 0.174. The van der Waals surface area contributed by atoms with Crippen LogP contribution < -0.4 is 15.4 Å². The van der Waals surface area contributed by atoms with Crippen LogP contribution in [0.5, 0.6) is 5.75 Å². The Kier molecular flexibility index (Phi) is 5.71. The first-order valence-electron chi connectivity index (χ1n) is 12.7. The van der Waals surface area contributed by atoms with Gasteiger partial charge in [0.25, 0.3) is 11.8 Å². The zero-order valence-corrected chi connectivity index (χ0v) is 21.2. The molecule has 0 spiro atoms. The van der Waals surface area contributed by atoms with Crippen molar-refractivity contribution in [2.75, 3.05) is 11.5 Å². The Balaban J connectivity index is 1.47. The Bertz CT molecular complexity index is 1650. The first-order chi connectivity index (χ1) is 18.4. The Hall–Kier alpha value is -4.52. The summed E-state index contributed by atoms with van der Waals surface area (Å²) in [5.74, 6) is -0.633. The van der Waals surface area contributed by atoms with Crippen LogP contribution in [0.1, 0.15) is 56.4 Å². The summed E-state index contributed by atoms with van der Waals surface area (Å²) in [6.07, 6.45) is 2.83. The van der Waals surface area contributed by atoms with E-state index in [-0.39, 0.29) is 17.3 Å². The summed E-state index contributed by atoms with van der Waals surface area (Å²) in [5.41, 5.74) is 12.6. The fraction of sp³-hybridized carbons (Fsp3) is 0.194. The number of aromatic nitrogens is 1. The van der Waals surface area contributed by atoms with E-state index in [0.29, 0.717) is 41.8 Å². The summed E-state index contributed by atoms with van der Waals surface area (Å²) in [4.78, 5) is 31.3. The molecule has 7 heteroatoms. The summed E-state index contributed by atoms with van der Waals surface area (Å²) >= 11 is 0. The maximum absolute atomic E-state index is 16.3. The largest absolute Gasteiger partial charge is 0.494 e. The van der Waals surface area contributed by atoms with E-state index in [4.69, 9.17) is 10.5 Å². The fourth-order valence-electron chi connectivity index (χ4n) is 5.45. The zero-order valence-electron chi connectivity index (χ0n) is 21.2. The predicted molar refractivity (Wildman–Crippen MR) is 144 cm³/mol. The Morgan fingerprint density at radius 2 is 1.89 bits per heavy atom. The Labute approximate surface area is 219 Å². The van der Waals surface area contributed by atoms with E-state index in [1.807, 2.05) is 50.2 Å². The molecule has 0 bridgehead atoms. The predicted octanol–water partition coefficient (Wildman–Crippen LogP) is 5.82. The van der Waals surface area contributed by atoms with Crippen molar-refractivity contribution in [1.82, 2.24) is 4.98 Å². The molecule has 1 aliphatic heterocycles. The molecule has 0 atom stereocenters. The molecule has 1 aromatic heterocycles. The minimum Gasteiger partial charge on any atom is -0.494 e. The topological polar surface area (TPSA) is 85.5 Å². The van der Waals surface area contributed by atoms with E-state index in [0.717, 1.165) is 40.0 Å². The lowest BCUT2D eigenvalue weighted by Crippen LogP contribution is -2.24. The van der Waals surface area contributed by atoms with Gasteiger partial charge in [0.1, 0.15) is 11.4 Å². The van der Waals surface area contributed by atoms with E-state index < -0.39 is 11.7 Å². The summed E-state index contributed by atoms with van der Waals surface area (Å²) in [5, 5.41) is 0. The standard InChI is InChI=1S/C31H26FN3O3/c1-3-11-38-20-9-10-21-19(13-20)14-24-27(21)25(15-34-29(24)30(33)36)22-5-4-6-26(28(22)32)35-16-18-8-7-17(2)12-23(18)31(35)37/h4-10,12-13,15H,3,11,14,16H2,1-2H3,(H2,33,36). The molecule has 2 N–H and O–H groups in total. The van der Waals surface area contributed by atoms with Gasteiger partial charge in [0.05, 0.1) is 18.8 Å². The Morgan fingerprint density at radius 3 is 2.68 bits per heavy atom. The molecule has 6 nitrogen and oxygen atoms in total. The second-order valence-electron chi connectivity index (χ2n) is 9.77. The molecule has 0 unspecified atom stereocenters. The number of carbonyl (C=O) groups excluding carboxylic acids is 2. The Morgan fingerprint density at radius 1 is 1.05 bits per heavy atom. The lowest BCUT2D eigenvalue weighted by Gasteiger charge is -2.19. The van der Waals surface area contributed by atoms with Gasteiger partial charge in [-0.3, -0.25) is 14.6 Å².